The van der Waals surface area contributed by atoms with Gasteiger partial charge in [0.1, 0.15) is 17.8 Å². The minimum absolute atomic E-state index is 0.214. The SMILES string of the molecule is COc1ccc(NC(=O)COc2ccc(Cl)cc2/C=c2\sc3ncnn3c2=O)cc1. The first-order valence-corrected chi connectivity index (χ1v) is 9.93. The Morgan fingerprint density at radius 2 is 2.07 bits per heavy atom. The van der Waals surface area contributed by atoms with Crippen molar-refractivity contribution in [2.24, 2.45) is 0 Å². The minimum Gasteiger partial charge on any atom is -0.497 e. The predicted molar refractivity (Wildman–Crippen MR) is 114 cm³/mol. The van der Waals surface area contributed by atoms with Gasteiger partial charge in [-0.3, -0.25) is 9.59 Å². The average Bonchev–Trinajstić information content (AvgIpc) is 3.31. The molecule has 0 bridgehead atoms. The second kappa shape index (κ2) is 8.52. The van der Waals surface area contributed by atoms with Crippen molar-refractivity contribution in [1.29, 1.82) is 0 Å². The summed E-state index contributed by atoms with van der Waals surface area (Å²) in [5, 5.41) is 7.12. The molecule has 0 unspecified atom stereocenters. The number of amides is 1. The molecular weight excluding hydrogens is 428 g/mol. The Labute approximate surface area is 179 Å². The van der Waals surface area contributed by atoms with E-state index in [2.05, 4.69) is 15.4 Å². The van der Waals surface area contributed by atoms with Gasteiger partial charge in [0, 0.05) is 16.3 Å². The van der Waals surface area contributed by atoms with Crippen molar-refractivity contribution in [1.82, 2.24) is 14.6 Å². The lowest BCUT2D eigenvalue weighted by Crippen LogP contribution is -2.24. The van der Waals surface area contributed by atoms with E-state index in [1.165, 1.54) is 22.2 Å². The third-order valence-electron chi connectivity index (χ3n) is 4.11. The predicted octanol–water partition coefficient (Wildman–Crippen LogP) is 2.38. The molecule has 4 rings (SSSR count). The number of thiazole rings is 1. The minimum atomic E-state index is -0.329. The smallest absolute Gasteiger partial charge is 0.291 e. The molecule has 2 aromatic heterocycles. The first-order valence-electron chi connectivity index (χ1n) is 8.74. The van der Waals surface area contributed by atoms with Gasteiger partial charge in [-0.15, -0.1) is 0 Å². The molecule has 0 atom stereocenters. The third-order valence-corrected chi connectivity index (χ3v) is 5.32. The number of hydrogen-bond acceptors (Lipinski definition) is 7. The summed E-state index contributed by atoms with van der Waals surface area (Å²) in [5.74, 6) is 0.784. The van der Waals surface area contributed by atoms with Crippen LogP contribution in [0.25, 0.3) is 11.0 Å². The second-order valence-corrected chi connectivity index (χ2v) is 7.56. The molecule has 0 radical (unpaired) electrons. The number of halogens is 1. The molecule has 1 N–H and O–H groups in total. The van der Waals surface area contributed by atoms with Crippen molar-refractivity contribution in [2.45, 2.75) is 0 Å². The van der Waals surface area contributed by atoms with E-state index in [9.17, 15) is 9.59 Å². The van der Waals surface area contributed by atoms with Crippen LogP contribution in [0, 0.1) is 0 Å². The molecule has 0 aliphatic rings. The van der Waals surface area contributed by atoms with E-state index in [1.807, 2.05) is 0 Å². The van der Waals surface area contributed by atoms with Gasteiger partial charge >= 0.3 is 0 Å². The first-order chi connectivity index (χ1) is 14.5. The fourth-order valence-electron chi connectivity index (χ4n) is 2.70. The lowest BCUT2D eigenvalue weighted by Gasteiger charge is -2.10. The second-order valence-electron chi connectivity index (χ2n) is 6.12. The third kappa shape index (κ3) is 4.27. The van der Waals surface area contributed by atoms with Crippen LogP contribution >= 0.6 is 22.9 Å². The molecule has 1 amide bonds. The van der Waals surface area contributed by atoms with Crippen LogP contribution in [0.5, 0.6) is 11.5 Å². The fraction of sp³-hybridized carbons (Fsp3) is 0.100. The summed E-state index contributed by atoms with van der Waals surface area (Å²) < 4.78 is 12.4. The van der Waals surface area contributed by atoms with E-state index in [0.29, 0.717) is 37.3 Å². The number of nitrogens with one attached hydrogen (secondary N) is 1. The summed E-state index contributed by atoms with van der Waals surface area (Å²) in [6, 6.07) is 11.9. The Kier molecular flexibility index (Phi) is 5.64. The zero-order valence-electron chi connectivity index (χ0n) is 15.7. The summed E-state index contributed by atoms with van der Waals surface area (Å²) in [4.78, 5) is 29.2. The van der Waals surface area contributed by atoms with Gasteiger partial charge in [-0.2, -0.15) is 9.61 Å². The lowest BCUT2D eigenvalue weighted by atomic mass is 10.2. The molecule has 0 spiro atoms. The van der Waals surface area contributed by atoms with Gasteiger partial charge in [0.25, 0.3) is 11.5 Å². The van der Waals surface area contributed by atoms with Crippen LogP contribution in [0.1, 0.15) is 5.56 Å². The van der Waals surface area contributed by atoms with E-state index >= 15 is 0 Å². The van der Waals surface area contributed by atoms with Crippen LogP contribution in [0.2, 0.25) is 5.02 Å². The monoisotopic (exact) mass is 442 g/mol. The molecule has 0 aliphatic heterocycles. The quantitative estimate of drug-likeness (QED) is 0.492. The zero-order valence-corrected chi connectivity index (χ0v) is 17.2. The van der Waals surface area contributed by atoms with E-state index in [0.717, 1.165) is 0 Å². The van der Waals surface area contributed by atoms with Crippen LogP contribution in [-0.2, 0) is 4.79 Å². The number of aromatic nitrogens is 3. The van der Waals surface area contributed by atoms with Crippen LogP contribution in [0.3, 0.4) is 0 Å². The van der Waals surface area contributed by atoms with E-state index < -0.39 is 0 Å². The molecule has 4 aromatic rings. The van der Waals surface area contributed by atoms with Crippen LogP contribution in [0.4, 0.5) is 5.69 Å². The van der Waals surface area contributed by atoms with Crippen molar-refractivity contribution in [3.8, 4) is 11.5 Å². The number of carbonyl (C=O) groups is 1. The molecule has 8 nitrogen and oxygen atoms in total. The largest absolute Gasteiger partial charge is 0.497 e. The van der Waals surface area contributed by atoms with Crippen LogP contribution < -0.4 is 24.9 Å². The number of fused-ring (bicyclic) bond motifs is 1. The summed E-state index contributed by atoms with van der Waals surface area (Å²) in [5.41, 5.74) is 0.912. The Morgan fingerprint density at radius 1 is 1.27 bits per heavy atom. The van der Waals surface area contributed by atoms with Gasteiger partial charge in [-0.25, -0.2) is 4.98 Å². The highest BCUT2D eigenvalue weighted by Crippen LogP contribution is 2.24. The number of carbonyl (C=O) groups excluding carboxylic acids is 1. The zero-order chi connectivity index (χ0) is 21.1. The molecule has 10 heteroatoms. The number of anilines is 1. The van der Waals surface area contributed by atoms with Gasteiger partial charge in [0.05, 0.1) is 11.6 Å². The fourth-order valence-corrected chi connectivity index (χ4v) is 3.75. The number of nitrogens with zero attached hydrogens (tertiary/aromatic N) is 3. The van der Waals surface area contributed by atoms with Crippen molar-refractivity contribution >= 4 is 45.6 Å². The highest BCUT2D eigenvalue weighted by molar-refractivity contribution is 7.15. The number of ether oxygens (including phenoxy) is 2. The van der Waals surface area contributed by atoms with Gasteiger partial charge in [0.2, 0.25) is 4.96 Å². The molecular formula is C20H15ClN4O4S. The average molecular weight is 443 g/mol. The molecule has 0 aliphatic carbocycles. The molecule has 0 saturated heterocycles. The number of methoxy groups -OCH3 is 1. The van der Waals surface area contributed by atoms with Crippen LogP contribution in [-0.4, -0.2) is 34.2 Å². The molecule has 2 aromatic carbocycles. The van der Waals surface area contributed by atoms with Gasteiger partial charge in [-0.1, -0.05) is 22.9 Å². The number of benzene rings is 2. The van der Waals surface area contributed by atoms with E-state index in [-0.39, 0.29) is 18.1 Å². The normalized spacial score (nSPS) is 11.6. The summed E-state index contributed by atoms with van der Waals surface area (Å²) >= 11 is 7.31. The number of rotatable bonds is 6. The molecule has 0 saturated carbocycles. The highest BCUT2D eigenvalue weighted by atomic mass is 35.5. The highest BCUT2D eigenvalue weighted by Gasteiger charge is 2.10. The molecule has 30 heavy (non-hydrogen) atoms. The van der Waals surface area contributed by atoms with Gasteiger partial charge in [0.15, 0.2) is 6.61 Å². The van der Waals surface area contributed by atoms with Crippen molar-refractivity contribution < 1.29 is 14.3 Å². The topological polar surface area (TPSA) is 94.8 Å². The van der Waals surface area contributed by atoms with Crippen molar-refractivity contribution in [2.75, 3.05) is 19.0 Å². The molecule has 0 fully saturated rings. The Balaban J connectivity index is 1.52. The van der Waals surface area contributed by atoms with Crippen molar-refractivity contribution in [3.05, 3.63) is 74.3 Å². The van der Waals surface area contributed by atoms with E-state index in [1.54, 1.807) is 55.7 Å². The first kappa shape index (κ1) is 19.9. The Morgan fingerprint density at radius 3 is 2.80 bits per heavy atom. The Hall–Kier alpha value is -3.43. The van der Waals surface area contributed by atoms with Crippen LogP contribution in [0.15, 0.2) is 53.6 Å². The Bertz CT molecular complexity index is 1320. The maximum atomic E-state index is 12.4. The van der Waals surface area contributed by atoms with Gasteiger partial charge < -0.3 is 14.8 Å². The summed E-state index contributed by atoms with van der Waals surface area (Å²) in [6.45, 7) is -0.214. The van der Waals surface area contributed by atoms with E-state index in [4.69, 9.17) is 21.1 Å². The lowest BCUT2D eigenvalue weighted by molar-refractivity contribution is -0.118. The van der Waals surface area contributed by atoms with Gasteiger partial charge in [-0.05, 0) is 48.5 Å². The standard InChI is InChI=1S/C20H15ClN4O4S/c1-28-15-5-3-14(4-6-15)24-18(26)10-29-16-7-2-13(21)8-12(16)9-17-19(27)25-20(30-17)22-11-23-25/h2-9,11H,10H2,1H3,(H,24,26)/b17-9-. The molecule has 2 heterocycles. The summed E-state index contributed by atoms with van der Waals surface area (Å²) in [7, 11) is 1.57. The maximum absolute atomic E-state index is 12.4. The van der Waals surface area contributed by atoms with Crippen molar-refractivity contribution in [3.63, 3.8) is 0 Å². The maximum Gasteiger partial charge on any atom is 0.291 e. The number of hydrogen-bond donors (Lipinski definition) is 1. The summed E-state index contributed by atoms with van der Waals surface area (Å²) in [6.07, 6.45) is 2.97. The molecule has 152 valence electrons.